The van der Waals surface area contributed by atoms with Gasteiger partial charge in [-0.05, 0) is 39.8 Å². The van der Waals surface area contributed by atoms with Crippen molar-refractivity contribution in [3.8, 4) is 0 Å². The minimum atomic E-state index is -3.76. The summed E-state index contributed by atoms with van der Waals surface area (Å²) in [6.45, 7) is 7.31. The van der Waals surface area contributed by atoms with Crippen molar-refractivity contribution < 1.29 is 27.5 Å². The highest BCUT2D eigenvalue weighted by molar-refractivity contribution is 7.89. The van der Waals surface area contributed by atoms with Crippen molar-refractivity contribution in [1.82, 2.24) is 9.62 Å². The van der Waals surface area contributed by atoms with E-state index in [4.69, 9.17) is 9.47 Å². The zero-order valence-corrected chi connectivity index (χ0v) is 16.8. The molecule has 0 aliphatic carbocycles. The Labute approximate surface area is 159 Å². The molecule has 1 atom stereocenters. The number of rotatable bonds is 5. The van der Waals surface area contributed by atoms with Crippen molar-refractivity contribution in [3.63, 3.8) is 0 Å². The van der Waals surface area contributed by atoms with Crippen molar-refractivity contribution >= 4 is 21.9 Å². The Morgan fingerprint density at radius 2 is 2.04 bits per heavy atom. The number of sulfonamides is 1. The third kappa shape index (κ3) is 6.02. The van der Waals surface area contributed by atoms with Gasteiger partial charge in [0.05, 0.1) is 17.6 Å². The number of carbonyl (C=O) groups excluding carboxylic acids is 2. The lowest BCUT2D eigenvalue weighted by atomic mass is 10.2. The number of amides is 1. The SMILES string of the molecule is CC(=O)c1cccc(S(=O)(=O)N2CCO[C@H](CNC(=O)OC(C)(C)C)C2)c1. The molecule has 27 heavy (non-hydrogen) atoms. The van der Waals surface area contributed by atoms with Crippen LogP contribution in [0.4, 0.5) is 4.79 Å². The van der Waals surface area contributed by atoms with E-state index >= 15 is 0 Å². The number of benzene rings is 1. The summed E-state index contributed by atoms with van der Waals surface area (Å²) in [6.07, 6.45) is -1.07. The Bertz CT molecular complexity index is 800. The number of alkyl carbamates (subject to hydrolysis) is 1. The Morgan fingerprint density at radius 3 is 2.67 bits per heavy atom. The maximum atomic E-state index is 12.9. The highest BCUT2D eigenvalue weighted by Crippen LogP contribution is 2.20. The van der Waals surface area contributed by atoms with Gasteiger partial charge < -0.3 is 14.8 Å². The summed E-state index contributed by atoms with van der Waals surface area (Å²) >= 11 is 0. The molecule has 0 spiro atoms. The number of hydrogen-bond acceptors (Lipinski definition) is 6. The predicted octanol–water partition coefficient (Wildman–Crippen LogP) is 1.80. The first kappa shape index (κ1) is 21.3. The first-order valence-electron chi connectivity index (χ1n) is 8.68. The fourth-order valence-corrected chi connectivity index (χ4v) is 4.07. The van der Waals surface area contributed by atoms with Gasteiger partial charge in [0.25, 0.3) is 0 Å². The van der Waals surface area contributed by atoms with Crippen molar-refractivity contribution in [2.45, 2.75) is 44.3 Å². The molecular formula is C18H26N2O6S. The van der Waals surface area contributed by atoms with Crippen LogP contribution in [-0.2, 0) is 19.5 Å². The van der Waals surface area contributed by atoms with E-state index in [1.807, 2.05) is 0 Å². The van der Waals surface area contributed by atoms with E-state index < -0.39 is 27.8 Å². The second-order valence-corrected chi connectivity index (χ2v) is 9.26. The van der Waals surface area contributed by atoms with Gasteiger partial charge in [-0.25, -0.2) is 13.2 Å². The molecule has 1 N–H and O–H groups in total. The summed E-state index contributed by atoms with van der Waals surface area (Å²) < 4.78 is 37.8. The van der Waals surface area contributed by atoms with E-state index in [9.17, 15) is 18.0 Å². The van der Waals surface area contributed by atoms with Gasteiger partial charge in [0.15, 0.2) is 5.78 Å². The van der Waals surface area contributed by atoms with Crippen molar-refractivity contribution in [2.75, 3.05) is 26.2 Å². The molecule has 0 radical (unpaired) electrons. The molecule has 1 aromatic rings. The number of morpholine rings is 1. The summed E-state index contributed by atoms with van der Waals surface area (Å²) in [5.74, 6) is -0.200. The number of hydrogen-bond donors (Lipinski definition) is 1. The molecule has 1 aliphatic rings. The molecule has 0 bridgehead atoms. The Hall–Kier alpha value is -1.97. The summed E-state index contributed by atoms with van der Waals surface area (Å²) in [5, 5.41) is 2.59. The fourth-order valence-electron chi connectivity index (χ4n) is 2.57. The van der Waals surface area contributed by atoms with Gasteiger partial charge in [-0.3, -0.25) is 4.79 Å². The molecule has 1 amide bonds. The molecule has 9 heteroatoms. The van der Waals surface area contributed by atoms with Crippen LogP contribution in [0, 0.1) is 0 Å². The van der Waals surface area contributed by atoms with Gasteiger partial charge >= 0.3 is 6.09 Å². The Kier molecular flexibility index (Phi) is 6.61. The van der Waals surface area contributed by atoms with E-state index in [2.05, 4.69) is 5.32 Å². The molecule has 150 valence electrons. The van der Waals surface area contributed by atoms with Crippen molar-refractivity contribution in [1.29, 1.82) is 0 Å². The molecular weight excluding hydrogens is 372 g/mol. The monoisotopic (exact) mass is 398 g/mol. The molecule has 1 heterocycles. The van der Waals surface area contributed by atoms with Gasteiger partial charge in [-0.2, -0.15) is 4.31 Å². The quantitative estimate of drug-likeness (QED) is 0.759. The number of nitrogens with zero attached hydrogens (tertiary/aromatic N) is 1. The van der Waals surface area contributed by atoms with Crippen LogP contribution in [0.1, 0.15) is 38.1 Å². The van der Waals surface area contributed by atoms with Crippen LogP contribution in [0.5, 0.6) is 0 Å². The van der Waals surface area contributed by atoms with Crippen molar-refractivity contribution in [2.24, 2.45) is 0 Å². The van der Waals surface area contributed by atoms with Gasteiger partial charge in [-0.1, -0.05) is 12.1 Å². The van der Waals surface area contributed by atoms with E-state index in [1.165, 1.54) is 23.4 Å². The second kappa shape index (κ2) is 8.37. The van der Waals surface area contributed by atoms with E-state index in [0.717, 1.165) is 0 Å². The topological polar surface area (TPSA) is 102 Å². The highest BCUT2D eigenvalue weighted by Gasteiger charge is 2.31. The third-order valence-corrected chi connectivity index (χ3v) is 5.71. The van der Waals surface area contributed by atoms with Crippen LogP contribution >= 0.6 is 0 Å². The number of ketones is 1. The predicted molar refractivity (Wildman–Crippen MR) is 99.2 cm³/mol. The van der Waals surface area contributed by atoms with Crippen molar-refractivity contribution in [3.05, 3.63) is 29.8 Å². The van der Waals surface area contributed by atoms with Crippen LogP contribution in [0.15, 0.2) is 29.2 Å². The lowest BCUT2D eigenvalue weighted by Crippen LogP contribution is -2.49. The molecule has 1 saturated heterocycles. The first-order valence-corrected chi connectivity index (χ1v) is 10.1. The molecule has 1 aromatic carbocycles. The van der Waals surface area contributed by atoms with Crippen LogP contribution in [0.2, 0.25) is 0 Å². The summed E-state index contributed by atoms with van der Waals surface area (Å²) in [7, 11) is -3.76. The van der Waals surface area contributed by atoms with Crippen LogP contribution in [0.25, 0.3) is 0 Å². The maximum Gasteiger partial charge on any atom is 0.407 e. The smallest absolute Gasteiger partial charge is 0.407 e. The average Bonchev–Trinajstić information content (AvgIpc) is 2.59. The van der Waals surface area contributed by atoms with Crippen LogP contribution < -0.4 is 5.32 Å². The molecule has 0 aromatic heterocycles. The van der Waals surface area contributed by atoms with Gasteiger partial charge in [-0.15, -0.1) is 0 Å². The summed E-state index contributed by atoms with van der Waals surface area (Å²) in [6, 6.07) is 5.96. The van der Waals surface area contributed by atoms with E-state index in [0.29, 0.717) is 5.56 Å². The number of ether oxygens (including phenoxy) is 2. The number of nitrogens with one attached hydrogen (secondary N) is 1. The molecule has 0 unspecified atom stereocenters. The van der Waals surface area contributed by atoms with Gasteiger partial charge in [0.1, 0.15) is 5.60 Å². The van der Waals surface area contributed by atoms with E-state index in [-0.39, 0.29) is 36.9 Å². The van der Waals surface area contributed by atoms with E-state index in [1.54, 1.807) is 32.9 Å². The van der Waals surface area contributed by atoms with Gasteiger partial charge in [0, 0.05) is 25.2 Å². The standard InChI is InChI=1S/C18H26N2O6S/c1-13(21)14-6-5-7-16(10-14)27(23,24)20-8-9-25-15(12-20)11-19-17(22)26-18(2,3)4/h5-7,10,15H,8-9,11-12H2,1-4H3,(H,19,22)/t15-/m1/s1. The zero-order valence-electron chi connectivity index (χ0n) is 16.0. The lowest BCUT2D eigenvalue weighted by molar-refractivity contribution is -0.00357. The molecule has 8 nitrogen and oxygen atoms in total. The maximum absolute atomic E-state index is 12.9. The number of Topliss-reactive ketones (excluding diaryl/α,β-unsaturated/α-hetero) is 1. The largest absolute Gasteiger partial charge is 0.444 e. The summed E-state index contributed by atoms with van der Waals surface area (Å²) in [5.41, 5.74) is -0.276. The minimum Gasteiger partial charge on any atom is -0.444 e. The minimum absolute atomic E-state index is 0.0657. The number of carbonyl (C=O) groups is 2. The second-order valence-electron chi connectivity index (χ2n) is 7.32. The summed E-state index contributed by atoms with van der Waals surface area (Å²) in [4.78, 5) is 23.3. The fraction of sp³-hybridized carbons (Fsp3) is 0.556. The highest BCUT2D eigenvalue weighted by atomic mass is 32.2. The lowest BCUT2D eigenvalue weighted by Gasteiger charge is -2.32. The normalized spacial score (nSPS) is 18.7. The average molecular weight is 398 g/mol. The Balaban J connectivity index is 2.03. The zero-order chi connectivity index (χ0) is 20.2. The van der Waals surface area contributed by atoms with Crippen LogP contribution in [-0.4, -0.2) is 62.5 Å². The molecule has 1 aliphatic heterocycles. The molecule has 2 rings (SSSR count). The third-order valence-electron chi connectivity index (χ3n) is 3.85. The van der Waals surface area contributed by atoms with Gasteiger partial charge in [0.2, 0.25) is 10.0 Å². The molecule has 1 fully saturated rings. The van der Waals surface area contributed by atoms with Crippen LogP contribution in [0.3, 0.4) is 0 Å². The first-order chi connectivity index (χ1) is 12.5. The Morgan fingerprint density at radius 1 is 1.33 bits per heavy atom. The molecule has 0 saturated carbocycles.